The molecule has 1 amide bonds. The number of benzene rings is 1. The smallest absolute Gasteiger partial charge is 0.234 e. The van der Waals surface area contributed by atoms with Crippen LogP contribution in [0.15, 0.2) is 28.7 Å². The van der Waals surface area contributed by atoms with E-state index in [0.717, 1.165) is 23.9 Å². The highest BCUT2D eigenvalue weighted by Crippen LogP contribution is 2.13. The molecule has 0 spiro atoms. The van der Waals surface area contributed by atoms with Crippen molar-refractivity contribution in [2.45, 2.75) is 18.9 Å². The standard InChI is InChI=1S/C12H15BrN2O/c13-10-3-1-2-9(6-10)4-5-11-7-15-12(16)8-14-11/h1-3,6,11,14H,4-5,7-8H2,(H,15,16). The topological polar surface area (TPSA) is 41.1 Å². The number of aryl methyl sites for hydroxylation is 1. The molecule has 0 bridgehead atoms. The number of halogens is 1. The van der Waals surface area contributed by atoms with Crippen LogP contribution in [0.2, 0.25) is 0 Å². The van der Waals surface area contributed by atoms with Gasteiger partial charge in [-0.2, -0.15) is 0 Å². The van der Waals surface area contributed by atoms with Crippen molar-refractivity contribution in [3.63, 3.8) is 0 Å². The van der Waals surface area contributed by atoms with Crippen molar-refractivity contribution in [2.24, 2.45) is 0 Å². The highest BCUT2D eigenvalue weighted by Gasteiger charge is 2.16. The quantitative estimate of drug-likeness (QED) is 0.882. The normalized spacial score (nSPS) is 20.6. The number of hydrogen-bond acceptors (Lipinski definition) is 2. The van der Waals surface area contributed by atoms with Gasteiger partial charge >= 0.3 is 0 Å². The number of piperazine rings is 1. The van der Waals surface area contributed by atoms with Crippen LogP contribution in [-0.4, -0.2) is 25.0 Å². The zero-order chi connectivity index (χ0) is 11.4. The first-order valence-electron chi connectivity index (χ1n) is 5.48. The second-order valence-corrected chi connectivity index (χ2v) is 4.97. The van der Waals surface area contributed by atoms with Gasteiger partial charge < -0.3 is 10.6 Å². The van der Waals surface area contributed by atoms with Crippen LogP contribution in [0.1, 0.15) is 12.0 Å². The van der Waals surface area contributed by atoms with Crippen molar-refractivity contribution in [3.8, 4) is 0 Å². The highest BCUT2D eigenvalue weighted by atomic mass is 79.9. The van der Waals surface area contributed by atoms with Crippen LogP contribution >= 0.6 is 15.9 Å². The Balaban J connectivity index is 1.81. The molecule has 1 aromatic rings. The molecule has 0 aromatic heterocycles. The van der Waals surface area contributed by atoms with Gasteiger partial charge in [0.2, 0.25) is 5.91 Å². The van der Waals surface area contributed by atoms with Gasteiger partial charge in [-0.05, 0) is 30.5 Å². The van der Waals surface area contributed by atoms with Gasteiger partial charge in [-0.3, -0.25) is 4.79 Å². The summed E-state index contributed by atoms with van der Waals surface area (Å²) in [4.78, 5) is 10.9. The van der Waals surface area contributed by atoms with Gasteiger partial charge in [0, 0.05) is 17.1 Å². The average Bonchev–Trinajstić information content (AvgIpc) is 2.28. The Morgan fingerprint density at radius 2 is 2.31 bits per heavy atom. The fourth-order valence-electron chi connectivity index (χ4n) is 1.85. The Kier molecular flexibility index (Phi) is 3.96. The van der Waals surface area contributed by atoms with E-state index in [0.29, 0.717) is 12.6 Å². The summed E-state index contributed by atoms with van der Waals surface area (Å²) in [7, 11) is 0. The summed E-state index contributed by atoms with van der Waals surface area (Å²) >= 11 is 3.46. The third-order valence-electron chi connectivity index (χ3n) is 2.77. The van der Waals surface area contributed by atoms with E-state index < -0.39 is 0 Å². The van der Waals surface area contributed by atoms with E-state index in [1.165, 1.54) is 5.56 Å². The molecular weight excluding hydrogens is 268 g/mol. The summed E-state index contributed by atoms with van der Waals surface area (Å²) in [6.45, 7) is 1.19. The maximum absolute atomic E-state index is 10.9. The van der Waals surface area contributed by atoms with Crippen LogP contribution in [0.25, 0.3) is 0 Å². The third kappa shape index (κ3) is 3.32. The molecule has 3 nitrogen and oxygen atoms in total. The zero-order valence-corrected chi connectivity index (χ0v) is 10.6. The van der Waals surface area contributed by atoms with Crippen LogP contribution in [0.4, 0.5) is 0 Å². The van der Waals surface area contributed by atoms with Gasteiger partial charge in [0.05, 0.1) is 6.54 Å². The van der Waals surface area contributed by atoms with Gasteiger partial charge in [0.25, 0.3) is 0 Å². The van der Waals surface area contributed by atoms with E-state index in [9.17, 15) is 4.79 Å². The lowest BCUT2D eigenvalue weighted by Crippen LogP contribution is -2.51. The van der Waals surface area contributed by atoms with Gasteiger partial charge in [0.1, 0.15) is 0 Å². The molecule has 2 rings (SSSR count). The SMILES string of the molecule is O=C1CNC(CCc2cccc(Br)c2)CN1. The summed E-state index contributed by atoms with van der Waals surface area (Å²) in [5, 5.41) is 6.10. The number of amides is 1. The molecule has 4 heteroatoms. The zero-order valence-electron chi connectivity index (χ0n) is 9.00. The highest BCUT2D eigenvalue weighted by molar-refractivity contribution is 9.10. The first kappa shape index (κ1) is 11.6. The lowest BCUT2D eigenvalue weighted by molar-refractivity contribution is -0.121. The maximum Gasteiger partial charge on any atom is 0.234 e. The van der Waals surface area contributed by atoms with E-state index in [1.54, 1.807) is 0 Å². The minimum atomic E-state index is 0.0960. The lowest BCUT2D eigenvalue weighted by Gasteiger charge is -2.23. The van der Waals surface area contributed by atoms with E-state index in [-0.39, 0.29) is 5.91 Å². The van der Waals surface area contributed by atoms with E-state index in [2.05, 4.69) is 44.8 Å². The largest absolute Gasteiger partial charge is 0.353 e. The van der Waals surface area contributed by atoms with Crippen LogP contribution in [0.5, 0.6) is 0 Å². The van der Waals surface area contributed by atoms with Crippen LogP contribution in [0.3, 0.4) is 0 Å². The second-order valence-electron chi connectivity index (χ2n) is 4.05. The minimum absolute atomic E-state index is 0.0960. The van der Waals surface area contributed by atoms with Crippen molar-refractivity contribution in [1.29, 1.82) is 0 Å². The molecule has 1 heterocycles. The van der Waals surface area contributed by atoms with E-state index in [4.69, 9.17) is 0 Å². The molecule has 1 aliphatic rings. The maximum atomic E-state index is 10.9. The minimum Gasteiger partial charge on any atom is -0.353 e. The molecule has 16 heavy (non-hydrogen) atoms. The molecule has 0 radical (unpaired) electrons. The van der Waals surface area contributed by atoms with Crippen molar-refractivity contribution < 1.29 is 4.79 Å². The number of carbonyl (C=O) groups excluding carboxylic acids is 1. The Morgan fingerprint density at radius 3 is 3.00 bits per heavy atom. The molecule has 1 aliphatic heterocycles. The second kappa shape index (κ2) is 5.46. The number of hydrogen-bond donors (Lipinski definition) is 2. The first-order chi connectivity index (χ1) is 7.74. The van der Waals surface area contributed by atoms with Crippen LogP contribution in [-0.2, 0) is 11.2 Å². The third-order valence-corrected chi connectivity index (χ3v) is 3.26. The van der Waals surface area contributed by atoms with Gasteiger partial charge in [-0.1, -0.05) is 28.1 Å². The van der Waals surface area contributed by atoms with Gasteiger partial charge in [-0.25, -0.2) is 0 Å². The molecule has 0 aliphatic carbocycles. The summed E-state index contributed by atoms with van der Waals surface area (Å²) in [5.41, 5.74) is 1.33. The lowest BCUT2D eigenvalue weighted by atomic mass is 10.0. The van der Waals surface area contributed by atoms with Crippen molar-refractivity contribution in [3.05, 3.63) is 34.3 Å². The van der Waals surface area contributed by atoms with Crippen LogP contribution < -0.4 is 10.6 Å². The molecule has 1 unspecified atom stereocenters. The number of nitrogens with one attached hydrogen (secondary N) is 2. The molecule has 1 atom stereocenters. The fraction of sp³-hybridized carbons (Fsp3) is 0.417. The predicted octanol–water partition coefficient (Wildman–Crippen LogP) is 1.47. The number of rotatable bonds is 3. The molecule has 2 N–H and O–H groups in total. The first-order valence-corrected chi connectivity index (χ1v) is 6.28. The Morgan fingerprint density at radius 1 is 1.44 bits per heavy atom. The fourth-order valence-corrected chi connectivity index (χ4v) is 2.29. The molecule has 86 valence electrons. The average molecular weight is 283 g/mol. The predicted molar refractivity (Wildman–Crippen MR) is 67.3 cm³/mol. The van der Waals surface area contributed by atoms with Crippen molar-refractivity contribution in [1.82, 2.24) is 10.6 Å². The van der Waals surface area contributed by atoms with Gasteiger partial charge in [-0.15, -0.1) is 0 Å². The monoisotopic (exact) mass is 282 g/mol. The van der Waals surface area contributed by atoms with Gasteiger partial charge in [0.15, 0.2) is 0 Å². The Labute approximate surface area is 104 Å². The summed E-state index contributed by atoms with van der Waals surface area (Å²) in [6, 6.07) is 8.75. The van der Waals surface area contributed by atoms with E-state index in [1.807, 2.05) is 6.07 Å². The number of carbonyl (C=O) groups is 1. The summed E-state index contributed by atoms with van der Waals surface area (Å²) in [6.07, 6.45) is 2.09. The molecule has 1 saturated heterocycles. The molecule has 1 aromatic carbocycles. The molecule has 1 fully saturated rings. The summed E-state index contributed by atoms with van der Waals surface area (Å²) < 4.78 is 1.12. The van der Waals surface area contributed by atoms with Crippen LogP contribution in [0, 0.1) is 0 Å². The molecule has 0 saturated carbocycles. The van der Waals surface area contributed by atoms with E-state index >= 15 is 0 Å². The molecular formula is C12H15BrN2O. The Hall–Kier alpha value is -0.870. The van der Waals surface area contributed by atoms with Crippen molar-refractivity contribution >= 4 is 21.8 Å². The van der Waals surface area contributed by atoms with Crippen molar-refractivity contribution in [2.75, 3.05) is 13.1 Å². The Bertz CT molecular complexity index is 371. The summed E-state index contributed by atoms with van der Waals surface area (Å²) in [5.74, 6) is 0.0960.